The number of amides is 3. The summed E-state index contributed by atoms with van der Waals surface area (Å²) in [6.45, 7) is 7.16. The number of carbonyl (C=O) groups excluding carboxylic acids is 2. The Balaban J connectivity index is 1.84. The van der Waals surface area contributed by atoms with Gasteiger partial charge in [-0.15, -0.1) is 0 Å². The minimum absolute atomic E-state index is 0.0731. The number of aromatic nitrogens is 2. The number of nitrogens with zero attached hydrogens (tertiary/aromatic N) is 3. The number of nitrogens with one attached hydrogen (secondary N) is 2. The molecule has 1 fully saturated rings. The topological polar surface area (TPSA) is 79.3 Å². The third-order valence-corrected chi connectivity index (χ3v) is 3.60. The molecule has 2 atom stereocenters. The van der Waals surface area contributed by atoms with Crippen LogP contribution in [0, 0.1) is 6.92 Å². The minimum Gasteiger partial charge on any atom is -0.336 e. The lowest BCUT2D eigenvalue weighted by Crippen LogP contribution is -2.44. The minimum atomic E-state index is -0.305. The molecular weight excluding hydrogens is 258 g/mol. The molecule has 2 heterocycles. The van der Waals surface area contributed by atoms with E-state index < -0.39 is 0 Å². The molecule has 7 heteroatoms. The van der Waals surface area contributed by atoms with E-state index in [-0.39, 0.29) is 30.6 Å². The summed E-state index contributed by atoms with van der Waals surface area (Å²) in [5, 5.41) is 10.0. The Morgan fingerprint density at radius 3 is 2.85 bits per heavy atom. The molecular formula is C13H21N5O2. The lowest BCUT2D eigenvalue weighted by atomic mass is 10.1. The van der Waals surface area contributed by atoms with Gasteiger partial charge in [0.15, 0.2) is 0 Å². The SMILES string of the molecule is Cc1cnn([C@H](C)[C@H](C)NCC(=O)N2CCNC2=O)c1. The van der Waals surface area contributed by atoms with E-state index in [4.69, 9.17) is 0 Å². The van der Waals surface area contributed by atoms with Crippen LogP contribution in [0.5, 0.6) is 0 Å². The number of hydrogen-bond donors (Lipinski definition) is 2. The highest BCUT2D eigenvalue weighted by Gasteiger charge is 2.26. The second kappa shape index (κ2) is 6.04. The number of rotatable bonds is 5. The predicted molar refractivity (Wildman–Crippen MR) is 74.3 cm³/mol. The molecule has 0 spiro atoms. The van der Waals surface area contributed by atoms with Crippen LogP contribution in [-0.2, 0) is 4.79 Å². The average Bonchev–Trinajstić information content (AvgIpc) is 3.03. The summed E-state index contributed by atoms with van der Waals surface area (Å²) >= 11 is 0. The maximum Gasteiger partial charge on any atom is 0.324 e. The fourth-order valence-corrected chi connectivity index (χ4v) is 2.11. The van der Waals surface area contributed by atoms with Crippen LogP contribution in [0.1, 0.15) is 25.5 Å². The zero-order valence-corrected chi connectivity index (χ0v) is 12.1. The Hall–Kier alpha value is -1.89. The number of urea groups is 1. The Morgan fingerprint density at radius 2 is 2.30 bits per heavy atom. The van der Waals surface area contributed by atoms with E-state index in [0.29, 0.717) is 13.1 Å². The van der Waals surface area contributed by atoms with Crippen molar-refractivity contribution in [1.82, 2.24) is 25.3 Å². The van der Waals surface area contributed by atoms with Crippen LogP contribution in [0.4, 0.5) is 4.79 Å². The Morgan fingerprint density at radius 1 is 1.55 bits per heavy atom. The monoisotopic (exact) mass is 279 g/mol. The number of aryl methyl sites for hydroxylation is 1. The maximum absolute atomic E-state index is 11.9. The summed E-state index contributed by atoms with van der Waals surface area (Å²) in [7, 11) is 0. The van der Waals surface area contributed by atoms with Gasteiger partial charge in [0.05, 0.1) is 18.8 Å². The molecule has 20 heavy (non-hydrogen) atoms. The molecule has 3 amide bonds. The second-order valence-corrected chi connectivity index (χ2v) is 5.19. The van der Waals surface area contributed by atoms with E-state index in [1.807, 2.05) is 37.8 Å². The molecule has 0 radical (unpaired) electrons. The molecule has 0 unspecified atom stereocenters. The molecule has 0 aliphatic carbocycles. The van der Waals surface area contributed by atoms with Crippen LogP contribution >= 0.6 is 0 Å². The first-order chi connectivity index (χ1) is 9.49. The van der Waals surface area contributed by atoms with Crippen LogP contribution in [0.15, 0.2) is 12.4 Å². The second-order valence-electron chi connectivity index (χ2n) is 5.19. The molecule has 1 aliphatic heterocycles. The van der Waals surface area contributed by atoms with Gasteiger partial charge in [0.2, 0.25) is 5.91 Å². The van der Waals surface area contributed by atoms with Crippen molar-refractivity contribution >= 4 is 11.9 Å². The van der Waals surface area contributed by atoms with Crippen molar-refractivity contribution in [3.05, 3.63) is 18.0 Å². The van der Waals surface area contributed by atoms with E-state index in [1.54, 1.807) is 0 Å². The zero-order chi connectivity index (χ0) is 14.7. The van der Waals surface area contributed by atoms with Crippen molar-refractivity contribution in [2.75, 3.05) is 19.6 Å². The highest BCUT2D eigenvalue weighted by atomic mass is 16.2. The number of carbonyl (C=O) groups is 2. The van der Waals surface area contributed by atoms with Gasteiger partial charge in [-0.05, 0) is 26.3 Å². The van der Waals surface area contributed by atoms with Crippen LogP contribution in [0.3, 0.4) is 0 Å². The molecule has 110 valence electrons. The van der Waals surface area contributed by atoms with Gasteiger partial charge in [0.25, 0.3) is 0 Å². The largest absolute Gasteiger partial charge is 0.336 e. The Kier molecular flexibility index (Phi) is 4.39. The van der Waals surface area contributed by atoms with Gasteiger partial charge < -0.3 is 10.6 Å². The highest BCUT2D eigenvalue weighted by Crippen LogP contribution is 2.10. The smallest absolute Gasteiger partial charge is 0.324 e. The van der Waals surface area contributed by atoms with E-state index in [2.05, 4.69) is 15.7 Å². The first-order valence-electron chi connectivity index (χ1n) is 6.81. The maximum atomic E-state index is 11.9. The van der Waals surface area contributed by atoms with Crippen molar-refractivity contribution in [3.8, 4) is 0 Å². The van der Waals surface area contributed by atoms with Gasteiger partial charge in [-0.2, -0.15) is 5.10 Å². The molecule has 0 aromatic carbocycles. The lowest BCUT2D eigenvalue weighted by Gasteiger charge is -2.22. The first-order valence-corrected chi connectivity index (χ1v) is 6.81. The van der Waals surface area contributed by atoms with Crippen LogP contribution in [-0.4, -0.2) is 52.3 Å². The molecule has 7 nitrogen and oxygen atoms in total. The molecule has 1 saturated heterocycles. The van der Waals surface area contributed by atoms with Crippen LogP contribution < -0.4 is 10.6 Å². The summed E-state index contributed by atoms with van der Waals surface area (Å²) in [6.07, 6.45) is 3.78. The Bertz CT molecular complexity index is 499. The molecule has 0 bridgehead atoms. The van der Waals surface area contributed by atoms with Gasteiger partial charge in [0, 0.05) is 25.3 Å². The third kappa shape index (κ3) is 3.16. The standard InChI is InChI=1S/C13H21N5O2/c1-9-6-16-18(8-9)11(3)10(2)15-7-12(19)17-5-4-14-13(17)20/h6,8,10-11,15H,4-5,7H2,1-3H3,(H,14,20)/t10-,11+/m0/s1. The predicted octanol–water partition coefficient (Wildman–Crippen LogP) is 0.282. The average molecular weight is 279 g/mol. The molecule has 2 N–H and O–H groups in total. The summed E-state index contributed by atoms with van der Waals surface area (Å²) in [5.41, 5.74) is 1.11. The van der Waals surface area contributed by atoms with Gasteiger partial charge in [-0.1, -0.05) is 0 Å². The lowest BCUT2D eigenvalue weighted by molar-refractivity contribution is -0.126. The van der Waals surface area contributed by atoms with Gasteiger partial charge >= 0.3 is 6.03 Å². The third-order valence-electron chi connectivity index (χ3n) is 3.60. The molecule has 1 aromatic rings. The molecule has 0 saturated carbocycles. The number of hydrogen-bond acceptors (Lipinski definition) is 4. The van der Waals surface area contributed by atoms with Crippen molar-refractivity contribution in [1.29, 1.82) is 0 Å². The summed E-state index contributed by atoms with van der Waals surface area (Å²) in [5.74, 6) is -0.198. The molecule has 2 rings (SSSR count). The van der Waals surface area contributed by atoms with E-state index in [9.17, 15) is 9.59 Å². The Labute approximate surface area is 118 Å². The zero-order valence-electron chi connectivity index (χ0n) is 12.1. The molecule has 1 aliphatic rings. The van der Waals surface area contributed by atoms with E-state index in [0.717, 1.165) is 5.56 Å². The number of imide groups is 1. The summed E-state index contributed by atoms with van der Waals surface area (Å²) < 4.78 is 1.88. The van der Waals surface area contributed by atoms with Crippen molar-refractivity contribution < 1.29 is 9.59 Å². The summed E-state index contributed by atoms with van der Waals surface area (Å²) in [4.78, 5) is 24.5. The van der Waals surface area contributed by atoms with Gasteiger partial charge in [0.1, 0.15) is 0 Å². The fourth-order valence-electron chi connectivity index (χ4n) is 2.11. The quantitative estimate of drug-likeness (QED) is 0.811. The first kappa shape index (κ1) is 14.5. The summed E-state index contributed by atoms with van der Waals surface area (Å²) in [6, 6.07) is -0.104. The van der Waals surface area contributed by atoms with Crippen molar-refractivity contribution in [2.45, 2.75) is 32.9 Å². The normalized spacial score (nSPS) is 17.9. The van der Waals surface area contributed by atoms with E-state index >= 15 is 0 Å². The van der Waals surface area contributed by atoms with Crippen molar-refractivity contribution in [3.63, 3.8) is 0 Å². The highest BCUT2D eigenvalue weighted by molar-refractivity contribution is 5.96. The van der Waals surface area contributed by atoms with Gasteiger partial charge in [-0.25, -0.2) is 4.79 Å². The fraction of sp³-hybridized carbons (Fsp3) is 0.615. The van der Waals surface area contributed by atoms with Crippen molar-refractivity contribution in [2.24, 2.45) is 0 Å². The van der Waals surface area contributed by atoms with Crippen LogP contribution in [0.2, 0.25) is 0 Å². The van der Waals surface area contributed by atoms with Crippen LogP contribution in [0.25, 0.3) is 0 Å². The van der Waals surface area contributed by atoms with Gasteiger partial charge in [-0.3, -0.25) is 14.4 Å². The molecule has 1 aromatic heterocycles. The van der Waals surface area contributed by atoms with E-state index in [1.165, 1.54) is 4.90 Å².